The van der Waals surface area contributed by atoms with E-state index in [-0.39, 0.29) is 27.2 Å². The second-order valence-electron chi connectivity index (χ2n) is 6.47. The van der Waals surface area contributed by atoms with Crippen molar-refractivity contribution in [2.24, 2.45) is 0 Å². The van der Waals surface area contributed by atoms with Gasteiger partial charge in [0, 0.05) is 16.6 Å². The summed E-state index contributed by atoms with van der Waals surface area (Å²) in [6, 6.07) is 17.3. The molecule has 0 saturated carbocycles. The average Bonchev–Trinajstić information content (AvgIpc) is 2.73. The second-order valence-corrected chi connectivity index (χ2v) is 10.0. The molecule has 0 aliphatic rings. The minimum Gasteiger partial charge on any atom is -0.324 e. The monoisotopic (exact) mass is 516 g/mol. The summed E-state index contributed by atoms with van der Waals surface area (Å²) in [6.45, 7) is -0.583. The molecule has 162 valence electrons. The zero-order valence-electron chi connectivity index (χ0n) is 15.9. The number of hydrogen-bond donors (Lipinski definition) is 1. The quantitative estimate of drug-likeness (QED) is 0.410. The van der Waals surface area contributed by atoms with Gasteiger partial charge in [-0.05, 0) is 48.0 Å². The summed E-state index contributed by atoms with van der Waals surface area (Å²) in [7, 11) is -4.04. The highest BCUT2D eigenvalue weighted by molar-refractivity contribution is 7.89. The maximum atomic E-state index is 13.3. The molecule has 0 bridgehead atoms. The highest BCUT2D eigenvalue weighted by Crippen LogP contribution is 2.30. The van der Waals surface area contributed by atoms with E-state index in [1.54, 1.807) is 42.5 Å². The third-order valence-corrected chi connectivity index (χ3v) is 7.55. The Balaban J connectivity index is 1.91. The van der Waals surface area contributed by atoms with E-state index in [0.29, 0.717) is 15.6 Å². The molecule has 0 unspecified atom stereocenters. The Morgan fingerprint density at radius 2 is 1.48 bits per heavy atom. The zero-order chi connectivity index (χ0) is 22.6. The number of benzene rings is 3. The lowest BCUT2D eigenvalue weighted by Gasteiger charge is -2.22. The number of nitrogens with zero attached hydrogens (tertiary/aromatic N) is 1. The van der Waals surface area contributed by atoms with Crippen LogP contribution in [0.2, 0.25) is 20.1 Å². The van der Waals surface area contributed by atoms with Gasteiger partial charge in [0.1, 0.15) is 0 Å². The molecule has 0 spiro atoms. The molecule has 3 aromatic carbocycles. The van der Waals surface area contributed by atoms with Crippen LogP contribution in [0.4, 0.5) is 5.69 Å². The number of sulfonamides is 1. The van der Waals surface area contributed by atoms with Crippen LogP contribution >= 0.6 is 46.4 Å². The minimum atomic E-state index is -4.04. The SMILES string of the molecule is O=C(CN(Cc1ccccc1Cl)S(=O)(=O)c1ccc(Cl)cc1)Nc1cccc(Cl)c1Cl. The van der Waals surface area contributed by atoms with E-state index in [9.17, 15) is 13.2 Å². The molecular weight excluding hydrogens is 502 g/mol. The molecule has 10 heteroatoms. The molecule has 0 aromatic heterocycles. The molecule has 0 aliphatic carbocycles. The fraction of sp³-hybridized carbons (Fsp3) is 0.0952. The fourth-order valence-corrected chi connectivity index (χ4v) is 4.79. The summed E-state index contributed by atoms with van der Waals surface area (Å²) >= 11 is 24.2. The number of carbonyl (C=O) groups excluding carboxylic acids is 1. The molecule has 0 atom stereocenters. The van der Waals surface area contributed by atoms with Gasteiger partial charge in [-0.1, -0.05) is 70.7 Å². The Labute approximate surface area is 200 Å². The molecule has 31 heavy (non-hydrogen) atoms. The van der Waals surface area contributed by atoms with E-state index >= 15 is 0 Å². The van der Waals surface area contributed by atoms with Gasteiger partial charge in [-0.2, -0.15) is 4.31 Å². The van der Waals surface area contributed by atoms with E-state index in [0.717, 1.165) is 4.31 Å². The van der Waals surface area contributed by atoms with E-state index in [2.05, 4.69) is 5.32 Å². The highest BCUT2D eigenvalue weighted by Gasteiger charge is 2.28. The van der Waals surface area contributed by atoms with Crippen LogP contribution in [0.15, 0.2) is 71.6 Å². The largest absolute Gasteiger partial charge is 0.324 e. The number of nitrogens with one attached hydrogen (secondary N) is 1. The van der Waals surface area contributed by atoms with Crippen LogP contribution in [0.5, 0.6) is 0 Å². The van der Waals surface area contributed by atoms with Gasteiger partial charge in [-0.25, -0.2) is 8.42 Å². The van der Waals surface area contributed by atoms with Crippen molar-refractivity contribution in [2.45, 2.75) is 11.4 Å². The van der Waals surface area contributed by atoms with Crippen molar-refractivity contribution in [1.82, 2.24) is 4.31 Å². The number of halogens is 4. The summed E-state index contributed by atoms with van der Waals surface area (Å²) in [5.74, 6) is -0.589. The third kappa shape index (κ3) is 5.92. The summed E-state index contributed by atoms with van der Waals surface area (Å²) in [5, 5.41) is 3.81. The van der Waals surface area contributed by atoms with Gasteiger partial charge >= 0.3 is 0 Å². The Kier molecular flexibility index (Phi) is 7.86. The lowest BCUT2D eigenvalue weighted by Crippen LogP contribution is -2.37. The van der Waals surface area contributed by atoms with Crippen molar-refractivity contribution in [3.05, 3.63) is 92.4 Å². The van der Waals surface area contributed by atoms with Crippen molar-refractivity contribution in [3.8, 4) is 0 Å². The standard InChI is InChI=1S/C21H16Cl4N2O3S/c22-15-8-10-16(11-9-15)31(29,30)27(12-14-4-1-2-5-17(14)23)13-20(28)26-19-7-3-6-18(24)21(19)25/h1-11H,12-13H2,(H,26,28). The fourth-order valence-electron chi connectivity index (χ4n) is 2.75. The van der Waals surface area contributed by atoms with Crippen LogP contribution in [0, 0.1) is 0 Å². The maximum Gasteiger partial charge on any atom is 0.243 e. The topological polar surface area (TPSA) is 66.5 Å². The molecular formula is C21H16Cl4N2O3S. The van der Waals surface area contributed by atoms with Gasteiger partial charge in [0.05, 0.1) is 27.2 Å². The number of carbonyl (C=O) groups is 1. The van der Waals surface area contributed by atoms with Gasteiger partial charge in [0.25, 0.3) is 0 Å². The summed E-state index contributed by atoms with van der Waals surface area (Å²) in [6.07, 6.45) is 0. The van der Waals surface area contributed by atoms with Crippen molar-refractivity contribution in [2.75, 3.05) is 11.9 Å². The molecule has 0 aliphatic heterocycles. The van der Waals surface area contributed by atoms with Crippen LogP contribution in [0.3, 0.4) is 0 Å². The molecule has 1 amide bonds. The lowest BCUT2D eigenvalue weighted by molar-refractivity contribution is -0.116. The predicted octanol–water partition coefficient (Wildman–Crippen LogP) is 6.13. The maximum absolute atomic E-state index is 13.3. The first-order chi connectivity index (χ1) is 14.7. The zero-order valence-corrected chi connectivity index (χ0v) is 19.7. The van der Waals surface area contributed by atoms with Crippen LogP contribution in [-0.4, -0.2) is 25.2 Å². The van der Waals surface area contributed by atoms with Gasteiger partial charge < -0.3 is 5.32 Å². The van der Waals surface area contributed by atoms with E-state index in [1.165, 1.54) is 24.3 Å². The van der Waals surface area contributed by atoms with Crippen LogP contribution in [-0.2, 0) is 21.4 Å². The first-order valence-corrected chi connectivity index (χ1v) is 11.9. The van der Waals surface area contributed by atoms with Gasteiger partial charge in [-0.3, -0.25) is 4.79 Å². The molecule has 5 nitrogen and oxygen atoms in total. The average molecular weight is 518 g/mol. The first kappa shape index (κ1) is 23.9. The Morgan fingerprint density at radius 3 is 2.16 bits per heavy atom. The van der Waals surface area contributed by atoms with Crippen LogP contribution in [0.25, 0.3) is 0 Å². The number of rotatable bonds is 7. The van der Waals surface area contributed by atoms with Gasteiger partial charge in [0.2, 0.25) is 15.9 Å². The van der Waals surface area contributed by atoms with Gasteiger partial charge in [0.15, 0.2) is 0 Å². The van der Waals surface area contributed by atoms with Crippen molar-refractivity contribution in [1.29, 1.82) is 0 Å². The highest BCUT2D eigenvalue weighted by atomic mass is 35.5. The van der Waals surface area contributed by atoms with Gasteiger partial charge in [-0.15, -0.1) is 0 Å². The van der Waals surface area contributed by atoms with Crippen LogP contribution < -0.4 is 5.32 Å². The molecule has 3 aromatic rings. The summed E-state index contributed by atoms with van der Waals surface area (Å²) in [4.78, 5) is 12.7. The first-order valence-electron chi connectivity index (χ1n) is 8.91. The Bertz CT molecular complexity index is 1200. The Hall–Kier alpha value is -1.80. The number of anilines is 1. The normalized spacial score (nSPS) is 11.5. The van der Waals surface area contributed by atoms with Crippen molar-refractivity contribution in [3.63, 3.8) is 0 Å². The molecule has 0 fully saturated rings. The Morgan fingerprint density at radius 1 is 0.839 bits per heavy atom. The molecule has 0 heterocycles. The molecule has 0 saturated heterocycles. The smallest absolute Gasteiger partial charge is 0.243 e. The van der Waals surface area contributed by atoms with Crippen molar-refractivity contribution >= 4 is 68.0 Å². The predicted molar refractivity (Wildman–Crippen MR) is 126 cm³/mol. The molecule has 1 N–H and O–H groups in total. The van der Waals surface area contributed by atoms with E-state index in [1.807, 2.05) is 0 Å². The molecule has 0 radical (unpaired) electrons. The lowest BCUT2D eigenvalue weighted by atomic mass is 10.2. The van der Waals surface area contributed by atoms with Crippen molar-refractivity contribution < 1.29 is 13.2 Å². The summed E-state index contributed by atoms with van der Waals surface area (Å²) in [5.41, 5.74) is 0.830. The number of amides is 1. The third-order valence-electron chi connectivity index (χ3n) is 4.30. The minimum absolute atomic E-state index is 0.00228. The van der Waals surface area contributed by atoms with Crippen LogP contribution in [0.1, 0.15) is 5.56 Å². The molecule has 3 rings (SSSR count). The van der Waals surface area contributed by atoms with E-state index < -0.39 is 22.5 Å². The second kappa shape index (κ2) is 10.2. The van der Waals surface area contributed by atoms with E-state index in [4.69, 9.17) is 46.4 Å². The summed E-state index contributed by atoms with van der Waals surface area (Å²) < 4.78 is 27.6. The number of hydrogen-bond acceptors (Lipinski definition) is 3.